The van der Waals surface area contributed by atoms with Crippen LogP contribution in [0.3, 0.4) is 0 Å². The zero-order valence-corrected chi connectivity index (χ0v) is 15.8. The van der Waals surface area contributed by atoms with Crippen LogP contribution >= 0.6 is 0 Å². The number of nitrogens with zero attached hydrogens (tertiary/aromatic N) is 3. The molecule has 0 saturated heterocycles. The summed E-state index contributed by atoms with van der Waals surface area (Å²) in [5, 5.41) is 8.73. The van der Waals surface area contributed by atoms with Crippen LogP contribution in [0.2, 0.25) is 0 Å². The third-order valence-electron chi connectivity index (χ3n) is 3.63. The largest absolute Gasteiger partial charge is 0.478 e. The molecule has 0 aliphatic heterocycles. The second kappa shape index (κ2) is 10.5. The Kier molecular flexibility index (Phi) is 9.93. The van der Waals surface area contributed by atoms with E-state index in [9.17, 15) is 0 Å². The summed E-state index contributed by atoms with van der Waals surface area (Å²) < 4.78 is 5.92. The van der Waals surface area contributed by atoms with Gasteiger partial charge in [-0.25, -0.2) is 0 Å². The Labute approximate surface area is 137 Å². The van der Waals surface area contributed by atoms with Gasteiger partial charge in [0.15, 0.2) is 5.88 Å². The quantitative estimate of drug-likeness (QED) is 0.452. The van der Waals surface area contributed by atoms with Crippen LogP contribution in [0.4, 0.5) is 0 Å². The summed E-state index contributed by atoms with van der Waals surface area (Å²) >= 11 is 0. The van der Waals surface area contributed by atoms with Gasteiger partial charge in [-0.05, 0) is 61.5 Å². The molecule has 0 amide bonds. The average molecular weight is 309 g/mol. The highest BCUT2D eigenvalue weighted by molar-refractivity contribution is 4.99. The van der Waals surface area contributed by atoms with Crippen molar-refractivity contribution in [3.63, 3.8) is 0 Å². The molecule has 22 heavy (non-hydrogen) atoms. The molecular formula is C18H35N3O. The summed E-state index contributed by atoms with van der Waals surface area (Å²) in [7, 11) is 0. The molecule has 4 nitrogen and oxygen atoms in total. The van der Waals surface area contributed by atoms with Gasteiger partial charge in [0.1, 0.15) is 6.61 Å². The van der Waals surface area contributed by atoms with Crippen LogP contribution in [0.5, 0.6) is 0 Å². The lowest BCUT2D eigenvalue weighted by molar-refractivity contribution is 0.0727. The Bertz CT molecular complexity index is 351. The molecule has 0 N–H and O–H groups in total. The maximum absolute atomic E-state index is 8.73. The van der Waals surface area contributed by atoms with Gasteiger partial charge in [0.25, 0.3) is 0 Å². The highest BCUT2D eigenvalue weighted by atomic mass is 16.5. The molecule has 0 bridgehead atoms. The molecule has 0 rings (SSSR count). The van der Waals surface area contributed by atoms with Gasteiger partial charge in [-0.1, -0.05) is 0 Å². The highest BCUT2D eigenvalue weighted by Crippen LogP contribution is 2.17. The van der Waals surface area contributed by atoms with Crippen molar-refractivity contribution in [1.29, 1.82) is 5.26 Å². The van der Waals surface area contributed by atoms with Crippen LogP contribution < -0.4 is 0 Å². The summed E-state index contributed by atoms with van der Waals surface area (Å²) in [6.45, 7) is 18.8. The second-order valence-corrected chi connectivity index (χ2v) is 6.78. The third kappa shape index (κ3) is 7.17. The van der Waals surface area contributed by atoms with E-state index in [1.165, 1.54) is 0 Å². The Morgan fingerprint density at radius 2 is 1.45 bits per heavy atom. The van der Waals surface area contributed by atoms with Crippen molar-refractivity contribution >= 4 is 0 Å². The van der Waals surface area contributed by atoms with Gasteiger partial charge in [0, 0.05) is 30.7 Å². The molecule has 0 radical (unpaired) electrons. The van der Waals surface area contributed by atoms with Crippen LogP contribution in [0, 0.1) is 11.3 Å². The first-order valence-corrected chi connectivity index (χ1v) is 8.46. The van der Waals surface area contributed by atoms with E-state index in [1.54, 1.807) is 0 Å². The van der Waals surface area contributed by atoms with Crippen LogP contribution in [0.15, 0.2) is 12.0 Å². The van der Waals surface area contributed by atoms with Crippen molar-refractivity contribution in [2.45, 2.75) is 86.0 Å². The Balaban J connectivity index is 5.19. The van der Waals surface area contributed by atoms with Gasteiger partial charge in [-0.15, -0.1) is 0 Å². The van der Waals surface area contributed by atoms with E-state index < -0.39 is 0 Å². The number of nitriles is 1. The Hall–Kier alpha value is -1.21. The number of rotatable bonds is 10. The van der Waals surface area contributed by atoms with Gasteiger partial charge in [-0.2, -0.15) is 5.26 Å². The van der Waals surface area contributed by atoms with Crippen LogP contribution in [0.25, 0.3) is 0 Å². The van der Waals surface area contributed by atoms with Crippen LogP contribution in [-0.4, -0.2) is 47.1 Å². The Morgan fingerprint density at radius 1 is 0.955 bits per heavy atom. The van der Waals surface area contributed by atoms with E-state index in [-0.39, 0.29) is 0 Å². The van der Waals surface area contributed by atoms with E-state index in [0.29, 0.717) is 37.2 Å². The minimum absolute atomic E-state index is 0.361. The van der Waals surface area contributed by atoms with Crippen molar-refractivity contribution < 1.29 is 4.74 Å². The van der Waals surface area contributed by atoms with Crippen molar-refractivity contribution in [1.82, 2.24) is 9.80 Å². The van der Waals surface area contributed by atoms with Gasteiger partial charge >= 0.3 is 0 Å². The monoisotopic (exact) mass is 309 g/mol. The molecule has 0 heterocycles. The molecule has 0 atom stereocenters. The molecule has 0 aliphatic carbocycles. The first-order valence-electron chi connectivity index (χ1n) is 8.46. The zero-order valence-electron chi connectivity index (χ0n) is 15.8. The minimum Gasteiger partial charge on any atom is -0.478 e. The van der Waals surface area contributed by atoms with Crippen molar-refractivity contribution in [3.05, 3.63) is 12.0 Å². The molecule has 4 heteroatoms. The van der Waals surface area contributed by atoms with Crippen LogP contribution in [-0.2, 0) is 4.74 Å². The molecule has 0 unspecified atom stereocenters. The lowest BCUT2D eigenvalue weighted by atomic mass is 10.2. The lowest BCUT2D eigenvalue weighted by Gasteiger charge is -2.35. The predicted octanol–water partition coefficient (Wildman–Crippen LogP) is 4.00. The first kappa shape index (κ1) is 20.8. The fraction of sp³-hybridized carbons (Fsp3) is 0.833. The fourth-order valence-corrected chi connectivity index (χ4v) is 2.75. The van der Waals surface area contributed by atoms with E-state index >= 15 is 0 Å². The van der Waals surface area contributed by atoms with Gasteiger partial charge < -0.3 is 9.64 Å². The summed E-state index contributed by atoms with van der Waals surface area (Å²) in [6.07, 6.45) is 2.58. The highest BCUT2D eigenvalue weighted by Gasteiger charge is 2.19. The minimum atomic E-state index is 0.361. The topological polar surface area (TPSA) is 39.5 Å². The molecular weight excluding hydrogens is 274 g/mol. The number of hydrogen-bond donors (Lipinski definition) is 0. The number of hydrogen-bond acceptors (Lipinski definition) is 4. The Morgan fingerprint density at radius 3 is 1.82 bits per heavy atom. The smallest absolute Gasteiger partial charge is 0.186 e. The molecule has 0 spiro atoms. The molecule has 0 aliphatic rings. The SMILES string of the molecule is CC(C)N(CC=C(OCCC#N)N(C(C)C)C(C)C)C(C)C. The molecule has 0 fully saturated rings. The third-order valence-corrected chi connectivity index (χ3v) is 3.63. The molecule has 0 saturated carbocycles. The summed E-state index contributed by atoms with van der Waals surface area (Å²) in [5.41, 5.74) is 0. The van der Waals surface area contributed by atoms with Gasteiger partial charge in [0.2, 0.25) is 0 Å². The molecule has 0 aromatic heterocycles. The van der Waals surface area contributed by atoms with E-state index in [0.717, 1.165) is 12.4 Å². The fourth-order valence-electron chi connectivity index (χ4n) is 2.75. The maximum Gasteiger partial charge on any atom is 0.186 e. The summed E-state index contributed by atoms with van der Waals surface area (Å²) in [5.74, 6) is 0.895. The summed E-state index contributed by atoms with van der Waals surface area (Å²) in [4.78, 5) is 4.70. The van der Waals surface area contributed by atoms with E-state index in [1.807, 2.05) is 0 Å². The standard InChI is InChI=1S/C18H35N3O/c1-14(2)20(15(3)4)12-10-18(22-13-9-11-19)21(16(5)6)17(7)8/h10,14-17H,9,12-13H2,1-8H3. The number of ether oxygens (including phenoxy) is 1. The second-order valence-electron chi connectivity index (χ2n) is 6.78. The average Bonchev–Trinajstić information content (AvgIpc) is 2.36. The zero-order chi connectivity index (χ0) is 17.3. The first-order chi connectivity index (χ1) is 10.2. The summed E-state index contributed by atoms with van der Waals surface area (Å²) in [6, 6.07) is 3.84. The van der Waals surface area contributed by atoms with Gasteiger partial charge in [0.05, 0.1) is 12.5 Å². The normalized spacial score (nSPS) is 12.6. The predicted molar refractivity (Wildman–Crippen MR) is 93.4 cm³/mol. The van der Waals surface area contributed by atoms with E-state index in [2.05, 4.69) is 77.3 Å². The van der Waals surface area contributed by atoms with Crippen molar-refractivity contribution in [3.8, 4) is 6.07 Å². The van der Waals surface area contributed by atoms with E-state index in [4.69, 9.17) is 10.00 Å². The van der Waals surface area contributed by atoms with Crippen LogP contribution in [0.1, 0.15) is 61.8 Å². The lowest BCUT2D eigenvalue weighted by Crippen LogP contribution is -2.40. The molecule has 0 aromatic rings. The van der Waals surface area contributed by atoms with Gasteiger partial charge in [-0.3, -0.25) is 4.90 Å². The molecule has 128 valence electrons. The molecule has 0 aromatic carbocycles. The maximum atomic E-state index is 8.73. The van der Waals surface area contributed by atoms with Crippen molar-refractivity contribution in [2.24, 2.45) is 0 Å². The van der Waals surface area contributed by atoms with Crippen molar-refractivity contribution in [2.75, 3.05) is 13.2 Å².